The van der Waals surface area contributed by atoms with Crippen molar-refractivity contribution in [3.8, 4) is 0 Å². The zero-order chi connectivity index (χ0) is 9.19. The summed E-state index contributed by atoms with van der Waals surface area (Å²) in [5.41, 5.74) is 0. The average molecular weight is 196 g/mol. The maximum Gasteiger partial charge on any atom is 0.150 e. The number of hydrogen-bond acceptors (Lipinski definition) is 3. The highest BCUT2D eigenvalue weighted by molar-refractivity contribution is 7.91. The van der Waals surface area contributed by atoms with Crippen LogP contribution in [-0.2, 0) is 9.84 Å². The Kier molecular flexibility index (Phi) is 3.06. The first-order valence-electron chi connectivity index (χ1n) is 4.00. The Balaban J connectivity index is 2.65. The van der Waals surface area contributed by atoms with Gasteiger partial charge in [0, 0.05) is 12.5 Å². The van der Waals surface area contributed by atoms with Crippen LogP contribution >= 0.6 is 0 Å². The molecule has 12 heavy (non-hydrogen) atoms. The third kappa shape index (κ3) is 2.42. The van der Waals surface area contributed by atoms with Crippen molar-refractivity contribution in [3.63, 3.8) is 0 Å². The van der Waals surface area contributed by atoms with Gasteiger partial charge >= 0.3 is 0 Å². The summed E-state index contributed by atoms with van der Waals surface area (Å²) in [4.78, 5) is 0. The summed E-state index contributed by atoms with van der Waals surface area (Å²) in [5.74, 6) is -0.550. The molecule has 0 bridgehead atoms. The fourth-order valence-corrected chi connectivity index (χ4v) is 2.80. The number of hydrogen-bond donors (Lipinski definition) is 1. The van der Waals surface area contributed by atoms with Crippen LogP contribution in [0.15, 0.2) is 0 Å². The highest BCUT2D eigenvalue weighted by Crippen LogP contribution is 2.21. The molecule has 0 aromatic rings. The van der Waals surface area contributed by atoms with E-state index in [1.807, 2.05) is 0 Å². The van der Waals surface area contributed by atoms with Gasteiger partial charge in [0.15, 0.2) is 0 Å². The molecule has 0 unspecified atom stereocenters. The smallest absolute Gasteiger partial charge is 0.150 e. The highest BCUT2D eigenvalue weighted by Gasteiger charge is 2.28. The average Bonchev–Trinajstić information content (AvgIpc) is 2.13. The predicted octanol–water partition coefficient (Wildman–Crippen LogP) is 0.142. The Bertz CT molecular complexity index is 237. The molecule has 5 heteroatoms. The summed E-state index contributed by atoms with van der Waals surface area (Å²) < 4.78 is 35.1. The summed E-state index contributed by atoms with van der Waals surface area (Å²) in [6, 6.07) is 0. The van der Waals surface area contributed by atoms with Crippen LogP contribution in [0.5, 0.6) is 0 Å². The molecule has 0 aliphatic carbocycles. The van der Waals surface area contributed by atoms with E-state index >= 15 is 0 Å². The lowest BCUT2D eigenvalue weighted by atomic mass is 10.0. The molecule has 0 amide bonds. The molecule has 1 N–H and O–H groups in total. The Morgan fingerprint density at radius 1 is 1.33 bits per heavy atom. The third-order valence-electron chi connectivity index (χ3n) is 2.25. The van der Waals surface area contributed by atoms with Crippen LogP contribution in [0.3, 0.4) is 0 Å². The van der Waals surface area contributed by atoms with Crippen molar-refractivity contribution in [2.24, 2.45) is 5.92 Å². The molecule has 1 fully saturated rings. The molecule has 0 aromatic carbocycles. The monoisotopic (exact) mass is 196 g/mol. The summed E-state index contributed by atoms with van der Waals surface area (Å²) in [6.45, 7) is -0.253. The van der Waals surface area contributed by atoms with Crippen molar-refractivity contribution in [1.29, 1.82) is 0 Å². The number of aliphatic hydroxyl groups excluding tert-OH is 1. The largest absolute Gasteiger partial charge is 0.396 e. The number of halogens is 1. The van der Waals surface area contributed by atoms with Crippen LogP contribution in [-0.4, -0.2) is 37.8 Å². The molecule has 0 saturated carbocycles. The molecule has 1 aliphatic rings. The van der Waals surface area contributed by atoms with E-state index in [9.17, 15) is 12.8 Å². The number of sulfone groups is 1. The van der Waals surface area contributed by atoms with Crippen LogP contribution in [0.4, 0.5) is 4.39 Å². The Morgan fingerprint density at radius 3 is 2.50 bits per heavy atom. The van der Waals surface area contributed by atoms with E-state index in [0.29, 0.717) is 0 Å². The van der Waals surface area contributed by atoms with Gasteiger partial charge in [-0.25, -0.2) is 12.8 Å². The Labute approximate surface area is 71.5 Å². The topological polar surface area (TPSA) is 54.4 Å². The van der Waals surface area contributed by atoms with Gasteiger partial charge < -0.3 is 5.11 Å². The van der Waals surface area contributed by atoms with Gasteiger partial charge in [0.2, 0.25) is 0 Å². The second-order valence-electron chi connectivity index (χ2n) is 3.19. The van der Waals surface area contributed by atoms with Gasteiger partial charge in [-0.15, -0.1) is 0 Å². The molecule has 1 heterocycles. The van der Waals surface area contributed by atoms with Crippen LogP contribution < -0.4 is 0 Å². The minimum absolute atomic E-state index is 0.0125. The summed E-state index contributed by atoms with van der Waals surface area (Å²) in [5, 5.41) is 8.72. The first kappa shape index (κ1) is 9.92. The van der Waals surface area contributed by atoms with E-state index in [1.165, 1.54) is 0 Å². The maximum atomic E-state index is 13.0. The number of rotatable bonds is 1. The van der Waals surface area contributed by atoms with Gasteiger partial charge in [0.25, 0.3) is 0 Å². The Morgan fingerprint density at radius 2 is 1.92 bits per heavy atom. The molecule has 0 aromatic heterocycles. The lowest BCUT2D eigenvalue weighted by Gasteiger charge is -2.13. The standard InChI is InChI=1S/C7H13FO3S/c8-7-2-4-12(10,11)3-1-6(7)5-9/h6-7,9H,1-5H2/t6-,7+/m0/s1. The number of aliphatic hydroxyl groups is 1. The zero-order valence-corrected chi connectivity index (χ0v) is 7.56. The number of alkyl halides is 1. The Hall–Kier alpha value is -0.160. The van der Waals surface area contributed by atoms with Crippen LogP contribution in [0.2, 0.25) is 0 Å². The second kappa shape index (κ2) is 3.70. The summed E-state index contributed by atoms with van der Waals surface area (Å²) in [6.07, 6.45) is -0.875. The molecular weight excluding hydrogens is 183 g/mol. The van der Waals surface area contributed by atoms with Gasteiger partial charge in [-0.3, -0.25) is 0 Å². The molecular formula is C7H13FO3S. The molecule has 72 valence electrons. The predicted molar refractivity (Wildman–Crippen MR) is 43.4 cm³/mol. The van der Waals surface area contributed by atoms with Gasteiger partial charge in [-0.1, -0.05) is 0 Å². The molecule has 1 aliphatic heterocycles. The first-order valence-corrected chi connectivity index (χ1v) is 5.82. The van der Waals surface area contributed by atoms with E-state index in [2.05, 4.69) is 0 Å². The molecule has 0 radical (unpaired) electrons. The van der Waals surface area contributed by atoms with E-state index in [4.69, 9.17) is 5.11 Å². The maximum absolute atomic E-state index is 13.0. The van der Waals surface area contributed by atoms with Crippen LogP contribution in [0, 0.1) is 5.92 Å². The summed E-state index contributed by atoms with van der Waals surface area (Å²) in [7, 11) is -3.05. The van der Waals surface area contributed by atoms with Crippen molar-refractivity contribution in [3.05, 3.63) is 0 Å². The molecule has 0 spiro atoms. The van der Waals surface area contributed by atoms with Gasteiger partial charge in [0.05, 0.1) is 11.5 Å². The normalized spacial score (nSPS) is 35.8. The van der Waals surface area contributed by atoms with Crippen molar-refractivity contribution in [1.82, 2.24) is 0 Å². The quantitative estimate of drug-likeness (QED) is 0.649. The van der Waals surface area contributed by atoms with E-state index in [-0.39, 0.29) is 31.0 Å². The van der Waals surface area contributed by atoms with Crippen LogP contribution in [0.25, 0.3) is 0 Å². The van der Waals surface area contributed by atoms with E-state index < -0.39 is 21.9 Å². The molecule has 1 saturated heterocycles. The molecule has 1 rings (SSSR count). The minimum atomic E-state index is -3.05. The van der Waals surface area contributed by atoms with Crippen molar-refractivity contribution in [2.75, 3.05) is 18.1 Å². The SMILES string of the molecule is O=S1(=O)CC[C@@H](CO)[C@H](F)CC1. The third-order valence-corrected chi connectivity index (χ3v) is 3.97. The van der Waals surface area contributed by atoms with Crippen molar-refractivity contribution < 1.29 is 17.9 Å². The van der Waals surface area contributed by atoms with E-state index in [0.717, 1.165) is 0 Å². The van der Waals surface area contributed by atoms with Crippen molar-refractivity contribution in [2.45, 2.75) is 19.0 Å². The zero-order valence-electron chi connectivity index (χ0n) is 6.74. The highest BCUT2D eigenvalue weighted by atomic mass is 32.2. The van der Waals surface area contributed by atoms with Gasteiger partial charge in [-0.2, -0.15) is 0 Å². The van der Waals surface area contributed by atoms with Gasteiger partial charge in [-0.05, 0) is 12.8 Å². The lowest BCUT2D eigenvalue weighted by Crippen LogP contribution is -2.19. The van der Waals surface area contributed by atoms with Crippen LogP contribution in [0.1, 0.15) is 12.8 Å². The first-order chi connectivity index (χ1) is 5.55. The molecule has 2 atom stereocenters. The summed E-state index contributed by atoms with van der Waals surface area (Å²) >= 11 is 0. The second-order valence-corrected chi connectivity index (χ2v) is 5.49. The lowest BCUT2D eigenvalue weighted by molar-refractivity contribution is 0.136. The van der Waals surface area contributed by atoms with Gasteiger partial charge in [0.1, 0.15) is 16.0 Å². The minimum Gasteiger partial charge on any atom is -0.396 e. The van der Waals surface area contributed by atoms with Crippen molar-refractivity contribution >= 4 is 9.84 Å². The van der Waals surface area contributed by atoms with E-state index in [1.54, 1.807) is 0 Å². The fourth-order valence-electron chi connectivity index (χ4n) is 1.35. The molecule has 3 nitrogen and oxygen atoms in total. The fraction of sp³-hybridized carbons (Fsp3) is 1.00.